The number of rotatable bonds is 5. The lowest BCUT2D eigenvalue weighted by molar-refractivity contribution is 0.0950. The van der Waals surface area contributed by atoms with Crippen molar-refractivity contribution in [2.75, 3.05) is 19.5 Å². The van der Waals surface area contributed by atoms with E-state index < -0.39 is 10.8 Å². The van der Waals surface area contributed by atoms with Crippen LogP contribution in [0.15, 0.2) is 36.4 Å². The monoisotopic (exact) mass is 393 g/mol. The second-order valence-electron chi connectivity index (χ2n) is 6.06. The van der Waals surface area contributed by atoms with E-state index in [4.69, 9.17) is 21.1 Å². The summed E-state index contributed by atoms with van der Waals surface area (Å²) in [7, 11) is -0.949. The molecule has 1 amide bonds. The molecule has 7 heteroatoms. The molecule has 5 nitrogen and oxygen atoms in total. The quantitative estimate of drug-likeness (QED) is 0.846. The number of hydrogen-bond acceptors (Lipinski definition) is 4. The highest BCUT2D eigenvalue weighted by Crippen LogP contribution is 2.37. The molecule has 2 aromatic carbocycles. The average molecular weight is 394 g/mol. The van der Waals surface area contributed by atoms with Gasteiger partial charge in [0.15, 0.2) is 11.5 Å². The highest BCUT2D eigenvalue weighted by Gasteiger charge is 2.16. The van der Waals surface area contributed by atoms with Crippen molar-refractivity contribution in [1.82, 2.24) is 5.32 Å². The maximum absolute atomic E-state index is 12.4. The third-order valence-electron chi connectivity index (χ3n) is 3.87. The first-order valence-electron chi connectivity index (χ1n) is 8.28. The number of nitrogens with one attached hydrogen (secondary N) is 1. The Morgan fingerprint density at radius 3 is 2.81 bits per heavy atom. The molecule has 0 saturated heterocycles. The van der Waals surface area contributed by atoms with E-state index in [1.165, 1.54) is 0 Å². The lowest BCUT2D eigenvalue weighted by Gasteiger charge is -2.12. The lowest BCUT2D eigenvalue weighted by atomic mass is 10.1. The van der Waals surface area contributed by atoms with Crippen molar-refractivity contribution in [3.05, 3.63) is 58.1 Å². The van der Waals surface area contributed by atoms with E-state index in [0.29, 0.717) is 47.6 Å². The molecule has 1 atom stereocenters. The van der Waals surface area contributed by atoms with Crippen molar-refractivity contribution in [3.8, 4) is 11.5 Å². The number of fused-ring (bicyclic) bond motifs is 1. The van der Waals surface area contributed by atoms with E-state index in [0.717, 1.165) is 17.5 Å². The van der Waals surface area contributed by atoms with E-state index in [1.54, 1.807) is 30.5 Å². The lowest BCUT2D eigenvalue weighted by Crippen LogP contribution is -2.23. The Balaban J connectivity index is 1.69. The average Bonchev–Trinajstić information content (AvgIpc) is 2.85. The molecular formula is C19H20ClNO4S. The molecule has 26 heavy (non-hydrogen) atoms. The summed E-state index contributed by atoms with van der Waals surface area (Å²) >= 11 is 6.27. The van der Waals surface area contributed by atoms with Gasteiger partial charge in [-0.25, -0.2) is 0 Å². The van der Waals surface area contributed by atoms with Crippen molar-refractivity contribution in [2.45, 2.75) is 18.7 Å². The van der Waals surface area contributed by atoms with Crippen LogP contribution in [0.25, 0.3) is 0 Å². The van der Waals surface area contributed by atoms with Gasteiger partial charge in [-0.15, -0.1) is 0 Å². The molecule has 1 aliphatic heterocycles. The number of benzene rings is 2. The summed E-state index contributed by atoms with van der Waals surface area (Å²) in [6, 6.07) is 10.8. The van der Waals surface area contributed by atoms with E-state index in [1.807, 2.05) is 12.1 Å². The van der Waals surface area contributed by atoms with Crippen molar-refractivity contribution in [1.29, 1.82) is 0 Å². The summed E-state index contributed by atoms with van der Waals surface area (Å²) in [4.78, 5) is 12.4. The molecule has 0 spiro atoms. The largest absolute Gasteiger partial charge is 0.489 e. The fourth-order valence-electron chi connectivity index (χ4n) is 2.71. The highest BCUT2D eigenvalue weighted by atomic mass is 35.5. The highest BCUT2D eigenvalue weighted by molar-refractivity contribution is 7.83. The molecule has 138 valence electrons. The Morgan fingerprint density at radius 1 is 1.19 bits per heavy atom. The van der Waals surface area contributed by atoms with Crippen LogP contribution in [0, 0.1) is 0 Å². The molecule has 1 heterocycles. The fraction of sp³-hybridized carbons (Fsp3) is 0.316. The summed E-state index contributed by atoms with van der Waals surface area (Å²) in [6.45, 7) is 1.46. The zero-order chi connectivity index (χ0) is 18.5. The zero-order valence-corrected chi connectivity index (χ0v) is 16.0. The predicted molar refractivity (Wildman–Crippen MR) is 102 cm³/mol. The van der Waals surface area contributed by atoms with Crippen LogP contribution < -0.4 is 14.8 Å². The van der Waals surface area contributed by atoms with Gasteiger partial charge in [0.05, 0.1) is 18.2 Å². The van der Waals surface area contributed by atoms with Gasteiger partial charge in [-0.2, -0.15) is 0 Å². The number of ether oxygens (including phenoxy) is 2. The van der Waals surface area contributed by atoms with E-state index in [-0.39, 0.29) is 5.91 Å². The second kappa shape index (κ2) is 8.56. The van der Waals surface area contributed by atoms with Crippen molar-refractivity contribution >= 4 is 28.3 Å². The van der Waals surface area contributed by atoms with Gasteiger partial charge < -0.3 is 14.8 Å². The smallest absolute Gasteiger partial charge is 0.251 e. The molecule has 0 fully saturated rings. The fourth-order valence-corrected chi connectivity index (χ4v) is 3.64. The van der Waals surface area contributed by atoms with Gasteiger partial charge in [-0.3, -0.25) is 9.00 Å². The van der Waals surface area contributed by atoms with E-state index in [2.05, 4.69) is 5.32 Å². The summed E-state index contributed by atoms with van der Waals surface area (Å²) < 4.78 is 22.6. The topological polar surface area (TPSA) is 64.6 Å². The molecule has 0 radical (unpaired) electrons. The standard InChI is InChI=1S/C19H20ClNO4S/c1-26(23)12-13-4-2-5-15(8-13)19(22)21-11-14-9-16(20)18-17(10-14)24-6-3-7-25-18/h2,4-5,8-10H,3,6-7,11-12H2,1H3,(H,21,22). The molecule has 0 aliphatic carbocycles. The molecule has 0 saturated carbocycles. The van der Waals surface area contributed by atoms with Crippen LogP contribution in [-0.2, 0) is 23.1 Å². The first-order valence-corrected chi connectivity index (χ1v) is 10.4. The normalized spacial score (nSPS) is 14.4. The maximum Gasteiger partial charge on any atom is 0.251 e. The van der Waals surface area contributed by atoms with Gasteiger partial charge in [0.2, 0.25) is 0 Å². The zero-order valence-electron chi connectivity index (χ0n) is 14.4. The van der Waals surface area contributed by atoms with Gasteiger partial charge in [-0.05, 0) is 35.4 Å². The Kier molecular flexibility index (Phi) is 6.16. The number of amides is 1. The van der Waals surface area contributed by atoms with Crippen LogP contribution in [0.1, 0.15) is 27.9 Å². The van der Waals surface area contributed by atoms with Gasteiger partial charge >= 0.3 is 0 Å². The van der Waals surface area contributed by atoms with Crippen LogP contribution in [0.3, 0.4) is 0 Å². The van der Waals surface area contributed by atoms with Crippen molar-refractivity contribution < 1.29 is 18.5 Å². The predicted octanol–water partition coefficient (Wildman–Crippen LogP) is 3.31. The number of halogens is 1. The molecule has 3 rings (SSSR count). The minimum absolute atomic E-state index is 0.197. The van der Waals surface area contributed by atoms with Gasteiger partial charge in [0.1, 0.15) is 0 Å². The number of carbonyl (C=O) groups is 1. The molecule has 1 unspecified atom stereocenters. The van der Waals surface area contributed by atoms with E-state index >= 15 is 0 Å². The van der Waals surface area contributed by atoms with Gasteiger partial charge in [0.25, 0.3) is 5.91 Å². The minimum atomic E-state index is -0.949. The number of hydrogen-bond donors (Lipinski definition) is 1. The molecule has 1 aliphatic rings. The van der Waals surface area contributed by atoms with Crippen molar-refractivity contribution in [2.24, 2.45) is 0 Å². The molecule has 0 aromatic heterocycles. The SMILES string of the molecule is CS(=O)Cc1cccc(C(=O)NCc2cc(Cl)c3c(c2)OCCCO3)c1. The Hall–Kier alpha value is -2.05. The summed E-state index contributed by atoms with van der Waals surface area (Å²) in [5, 5.41) is 3.35. The Bertz CT molecular complexity index is 840. The van der Waals surface area contributed by atoms with Crippen LogP contribution in [0.4, 0.5) is 0 Å². The van der Waals surface area contributed by atoms with Crippen molar-refractivity contribution in [3.63, 3.8) is 0 Å². The third kappa shape index (κ3) is 4.77. The van der Waals surface area contributed by atoms with Crippen LogP contribution >= 0.6 is 11.6 Å². The summed E-state index contributed by atoms with van der Waals surface area (Å²) in [5.41, 5.74) is 2.24. The molecule has 0 bridgehead atoms. The minimum Gasteiger partial charge on any atom is -0.489 e. The van der Waals surface area contributed by atoms with E-state index in [9.17, 15) is 9.00 Å². The van der Waals surface area contributed by atoms with Crippen LogP contribution in [-0.4, -0.2) is 29.6 Å². The summed E-state index contributed by atoms with van der Waals surface area (Å²) in [5.74, 6) is 1.39. The van der Waals surface area contributed by atoms with Gasteiger partial charge in [0, 0.05) is 41.3 Å². The summed E-state index contributed by atoms with van der Waals surface area (Å²) in [6.07, 6.45) is 2.44. The molecule has 2 aromatic rings. The van der Waals surface area contributed by atoms with Crippen LogP contribution in [0.2, 0.25) is 5.02 Å². The second-order valence-corrected chi connectivity index (χ2v) is 7.90. The third-order valence-corrected chi connectivity index (χ3v) is 4.89. The maximum atomic E-state index is 12.4. The van der Waals surface area contributed by atoms with Crippen LogP contribution in [0.5, 0.6) is 11.5 Å². The van der Waals surface area contributed by atoms with Gasteiger partial charge in [-0.1, -0.05) is 23.7 Å². The molecular weight excluding hydrogens is 374 g/mol. The number of carbonyl (C=O) groups excluding carboxylic acids is 1. The first-order chi connectivity index (χ1) is 12.5. The molecule has 1 N–H and O–H groups in total. The Morgan fingerprint density at radius 2 is 2.00 bits per heavy atom. The first kappa shape index (κ1) is 18.7. The Labute approximate surface area is 160 Å².